The molecule has 1 rings (SSSR count). The number of rotatable bonds is 4. The second-order valence-electron chi connectivity index (χ2n) is 4.85. The molecule has 0 aromatic carbocycles. The van der Waals surface area contributed by atoms with Gasteiger partial charge in [-0.15, -0.1) is 0 Å². The van der Waals surface area contributed by atoms with Gasteiger partial charge in [0.25, 0.3) is 0 Å². The van der Waals surface area contributed by atoms with Crippen molar-refractivity contribution in [2.24, 2.45) is 0 Å². The SMILES string of the molecule is CC1CN(CCCCO)CC(C)(C)O1. The lowest BCUT2D eigenvalue weighted by Gasteiger charge is -2.41. The molecule has 0 spiro atoms. The number of ether oxygens (including phenoxy) is 1. The summed E-state index contributed by atoms with van der Waals surface area (Å²) in [6, 6.07) is 0. The van der Waals surface area contributed by atoms with E-state index in [1.165, 1.54) is 0 Å². The molecule has 1 saturated heterocycles. The maximum absolute atomic E-state index is 8.71. The summed E-state index contributed by atoms with van der Waals surface area (Å²) >= 11 is 0. The number of aliphatic hydroxyl groups is 1. The number of aliphatic hydroxyl groups excluding tert-OH is 1. The Balaban J connectivity index is 2.30. The van der Waals surface area contributed by atoms with Crippen LogP contribution in [0.4, 0.5) is 0 Å². The molecule has 84 valence electrons. The second-order valence-corrected chi connectivity index (χ2v) is 4.85. The molecule has 1 aliphatic heterocycles. The number of morpholine rings is 1. The number of nitrogens with zero attached hydrogens (tertiary/aromatic N) is 1. The topological polar surface area (TPSA) is 32.7 Å². The van der Waals surface area contributed by atoms with Gasteiger partial charge < -0.3 is 9.84 Å². The van der Waals surface area contributed by atoms with Gasteiger partial charge in [-0.1, -0.05) is 0 Å². The van der Waals surface area contributed by atoms with Gasteiger partial charge in [0, 0.05) is 19.7 Å². The minimum absolute atomic E-state index is 0.0170. The van der Waals surface area contributed by atoms with E-state index < -0.39 is 0 Å². The van der Waals surface area contributed by atoms with Crippen LogP contribution < -0.4 is 0 Å². The van der Waals surface area contributed by atoms with Crippen molar-refractivity contribution < 1.29 is 9.84 Å². The first-order valence-electron chi connectivity index (χ1n) is 5.54. The highest BCUT2D eigenvalue weighted by Crippen LogP contribution is 2.20. The van der Waals surface area contributed by atoms with Gasteiger partial charge in [-0.3, -0.25) is 4.90 Å². The van der Waals surface area contributed by atoms with Crippen LogP contribution in [0.3, 0.4) is 0 Å². The third-order valence-corrected chi connectivity index (χ3v) is 2.52. The third-order valence-electron chi connectivity index (χ3n) is 2.52. The summed E-state index contributed by atoms with van der Waals surface area (Å²) in [4.78, 5) is 2.43. The number of hydrogen-bond donors (Lipinski definition) is 1. The largest absolute Gasteiger partial charge is 0.396 e. The van der Waals surface area contributed by atoms with E-state index in [2.05, 4.69) is 25.7 Å². The monoisotopic (exact) mass is 201 g/mol. The van der Waals surface area contributed by atoms with Crippen molar-refractivity contribution in [2.75, 3.05) is 26.2 Å². The van der Waals surface area contributed by atoms with Gasteiger partial charge in [-0.2, -0.15) is 0 Å². The van der Waals surface area contributed by atoms with Gasteiger partial charge in [0.15, 0.2) is 0 Å². The second kappa shape index (κ2) is 5.10. The summed E-state index contributed by atoms with van der Waals surface area (Å²) in [5, 5.41) is 8.71. The Morgan fingerprint density at radius 2 is 2.14 bits per heavy atom. The lowest BCUT2D eigenvalue weighted by atomic mass is 10.1. The van der Waals surface area contributed by atoms with E-state index in [0.717, 1.165) is 32.5 Å². The molecule has 1 atom stereocenters. The molecule has 14 heavy (non-hydrogen) atoms. The predicted molar refractivity (Wildman–Crippen MR) is 57.4 cm³/mol. The standard InChI is InChI=1S/C11H23NO2/c1-10-8-12(6-4-5-7-13)9-11(2,3)14-10/h10,13H,4-9H2,1-3H3. The summed E-state index contributed by atoms with van der Waals surface area (Å²) in [5.41, 5.74) is -0.0170. The van der Waals surface area contributed by atoms with Crippen molar-refractivity contribution in [3.8, 4) is 0 Å². The fourth-order valence-corrected chi connectivity index (χ4v) is 2.20. The Morgan fingerprint density at radius 1 is 1.43 bits per heavy atom. The predicted octanol–water partition coefficient (Wildman–Crippen LogP) is 1.26. The fraction of sp³-hybridized carbons (Fsp3) is 1.00. The third kappa shape index (κ3) is 3.95. The van der Waals surface area contributed by atoms with Crippen LogP contribution in [-0.2, 0) is 4.74 Å². The van der Waals surface area contributed by atoms with Crippen molar-refractivity contribution >= 4 is 0 Å². The molecule has 0 aliphatic carbocycles. The summed E-state index contributed by atoms with van der Waals surface area (Å²) < 4.78 is 5.82. The molecule has 0 aromatic heterocycles. The minimum atomic E-state index is -0.0170. The Kier molecular flexibility index (Phi) is 4.35. The average Bonchev–Trinajstić information content (AvgIpc) is 2.00. The quantitative estimate of drug-likeness (QED) is 0.695. The van der Waals surface area contributed by atoms with Gasteiger partial charge in [-0.25, -0.2) is 0 Å². The maximum Gasteiger partial charge on any atom is 0.0757 e. The first-order chi connectivity index (χ1) is 6.53. The molecule has 1 heterocycles. The molecule has 0 saturated carbocycles. The molecule has 0 amide bonds. The van der Waals surface area contributed by atoms with E-state index in [1.807, 2.05) is 0 Å². The van der Waals surface area contributed by atoms with E-state index in [1.54, 1.807) is 0 Å². The Morgan fingerprint density at radius 3 is 2.71 bits per heavy atom. The zero-order valence-electron chi connectivity index (χ0n) is 9.62. The van der Waals surface area contributed by atoms with Crippen LogP contribution in [0.15, 0.2) is 0 Å². The Hall–Kier alpha value is -0.120. The van der Waals surface area contributed by atoms with Crippen molar-refractivity contribution in [3.63, 3.8) is 0 Å². The number of hydrogen-bond acceptors (Lipinski definition) is 3. The van der Waals surface area contributed by atoms with Crippen LogP contribution >= 0.6 is 0 Å². The maximum atomic E-state index is 8.71. The molecule has 1 fully saturated rings. The summed E-state index contributed by atoms with van der Waals surface area (Å²) in [7, 11) is 0. The normalized spacial score (nSPS) is 27.9. The van der Waals surface area contributed by atoms with Crippen LogP contribution in [0.25, 0.3) is 0 Å². The molecule has 0 radical (unpaired) electrons. The van der Waals surface area contributed by atoms with Gasteiger partial charge in [-0.05, 0) is 40.2 Å². The summed E-state index contributed by atoms with van der Waals surface area (Å²) in [6.45, 7) is 9.82. The molecule has 0 bridgehead atoms. The van der Waals surface area contributed by atoms with Crippen molar-refractivity contribution in [1.29, 1.82) is 0 Å². The van der Waals surface area contributed by atoms with E-state index in [9.17, 15) is 0 Å². The smallest absolute Gasteiger partial charge is 0.0757 e. The summed E-state index contributed by atoms with van der Waals surface area (Å²) in [6.07, 6.45) is 2.32. The highest BCUT2D eigenvalue weighted by atomic mass is 16.5. The van der Waals surface area contributed by atoms with Gasteiger partial charge in [0.2, 0.25) is 0 Å². The van der Waals surface area contributed by atoms with Gasteiger partial charge in [0.1, 0.15) is 0 Å². The highest BCUT2D eigenvalue weighted by Gasteiger charge is 2.30. The minimum Gasteiger partial charge on any atom is -0.396 e. The Bertz CT molecular complexity index is 171. The van der Waals surface area contributed by atoms with E-state index in [4.69, 9.17) is 9.84 Å². The van der Waals surface area contributed by atoms with E-state index in [0.29, 0.717) is 12.7 Å². The molecular weight excluding hydrogens is 178 g/mol. The van der Waals surface area contributed by atoms with Crippen LogP contribution in [0.2, 0.25) is 0 Å². The summed E-state index contributed by atoms with van der Waals surface area (Å²) in [5.74, 6) is 0. The molecule has 1 N–H and O–H groups in total. The van der Waals surface area contributed by atoms with Gasteiger partial charge >= 0.3 is 0 Å². The van der Waals surface area contributed by atoms with Crippen molar-refractivity contribution in [2.45, 2.75) is 45.3 Å². The van der Waals surface area contributed by atoms with E-state index in [-0.39, 0.29) is 5.60 Å². The zero-order chi connectivity index (χ0) is 10.6. The molecule has 3 heteroatoms. The van der Waals surface area contributed by atoms with Crippen LogP contribution in [0, 0.1) is 0 Å². The lowest BCUT2D eigenvalue weighted by molar-refractivity contribution is -0.128. The molecule has 1 aliphatic rings. The van der Waals surface area contributed by atoms with E-state index >= 15 is 0 Å². The lowest BCUT2D eigenvalue weighted by Crippen LogP contribution is -2.51. The van der Waals surface area contributed by atoms with Crippen LogP contribution in [0.5, 0.6) is 0 Å². The molecule has 0 aromatic rings. The van der Waals surface area contributed by atoms with Crippen LogP contribution in [0.1, 0.15) is 33.6 Å². The highest BCUT2D eigenvalue weighted by molar-refractivity contribution is 4.82. The molecule has 1 unspecified atom stereocenters. The zero-order valence-corrected chi connectivity index (χ0v) is 9.62. The molecular formula is C11H23NO2. The van der Waals surface area contributed by atoms with Gasteiger partial charge in [0.05, 0.1) is 11.7 Å². The first kappa shape index (κ1) is 12.0. The fourth-order valence-electron chi connectivity index (χ4n) is 2.20. The number of unbranched alkanes of at least 4 members (excludes halogenated alkanes) is 1. The van der Waals surface area contributed by atoms with Crippen molar-refractivity contribution in [1.82, 2.24) is 4.90 Å². The average molecular weight is 201 g/mol. The molecule has 3 nitrogen and oxygen atoms in total. The Labute approximate surface area is 87.1 Å². The van der Waals surface area contributed by atoms with Crippen LogP contribution in [-0.4, -0.2) is 48.0 Å². The first-order valence-corrected chi connectivity index (χ1v) is 5.54. The van der Waals surface area contributed by atoms with Crippen molar-refractivity contribution in [3.05, 3.63) is 0 Å².